The van der Waals surface area contributed by atoms with Gasteiger partial charge in [0.15, 0.2) is 0 Å². The third kappa shape index (κ3) is 5.38. The highest BCUT2D eigenvalue weighted by Crippen LogP contribution is 2.32. The second-order valence-corrected chi connectivity index (χ2v) is 6.90. The molecule has 0 radical (unpaired) electrons. The molecule has 3 heterocycles. The predicted molar refractivity (Wildman–Crippen MR) is 108 cm³/mol. The van der Waals surface area contributed by atoms with Crippen molar-refractivity contribution in [1.82, 2.24) is 20.6 Å². The van der Waals surface area contributed by atoms with Crippen LogP contribution in [0.4, 0.5) is 13.2 Å². The lowest BCUT2D eigenvalue weighted by molar-refractivity contribution is -0.110. The molecule has 30 heavy (non-hydrogen) atoms. The van der Waals surface area contributed by atoms with Gasteiger partial charge in [-0.05, 0) is 18.2 Å². The molecule has 6 nitrogen and oxygen atoms in total. The van der Waals surface area contributed by atoms with E-state index in [1.165, 1.54) is 0 Å². The molecule has 1 unspecified atom stereocenters. The van der Waals surface area contributed by atoms with E-state index in [0.717, 1.165) is 22.4 Å². The number of fused-ring (bicyclic) bond motifs is 1. The maximum absolute atomic E-state index is 11.2. The van der Waals surface area contributed by atoms with Gasteiger partial charge < -0.3 is 16.4 Å². The number of amides is 1. The van der Waals surface area contributed by atoms with Crippen LogP contribution in [0.25, 0.3) is 16.8 Å². The van der Waals surface area contributed by atoms with Crippen molar-refractivity contribution in [2.24, 2.45) is 5.73 Å². The van der Waals surface area contributed by atoms with Crippen LogP contribution >= 0.6 is 11.6 Å². The molecule has 1 aromatic carbocycles. The molecular weight excluding hydrogens is 419 g/mol. The zero-order chi connectivity index (χ0) is 21.9. The molecular formula is C20H17ClF3N5O. The molecule has 0 aliphatic carbocycles. The van der Waals surface area contributed by atoms with Gasteiger partial charge >= 0.3 is 6.18 Å². The number of carbonyl (C=O) groups is 1. The quantitative estimate of drug-likeness (QED) is 0.683. The summed E-state index contributed by atoms with van der Waals surface area (Å²) in [6.07, 6.45) is 4.94. The number of nitrogens with zero attached hydrogens (tertiary/aromatic N) is 2. The van der Waals surface area contributed by atoms with Crippen molar-refractivity contribution in [3.63, 3.8) is 0 Å². The first-order chi connectivity index (χ1) is 14.1. The van der Waals surface area contributed by atoms with Gasteiger partial charge in [-0.3, -0.25) is 9.78 Å². The van der Waals surface area contributed by atoms with Crippen molar-refractivity contribution in [3.8, 4) is 11.3 Å². The fourth-order valence-electron chi connectivity index (χ4n) is 2.81. The summed E-state index contributed by atoms with van der Waals surface area (Å²) in [7, 11) is 0. The first-order valence-electron chi connectivity index (χ1n) is 8.71. The molecule has 10 heteroatoms. The molecule has 1 atom stereocenters. The molecule has 2 aliphatic rings. The summed E-state index contributed by atoms with van der Waals surface area (Å²) in [5.41, 5.74) is 10.00. The van der Waals surface area contributed by atoms with Crippen molar-refractivity contribution in [2.45, 2.75) is 19.3 Å². The average Bonchev–Trinajstić information content (AvgIpc) is 3.10. The minimum Gasteiger partial charge on any atom is -0.367 e. The largest absolute Gasteiger partial charge is 0.386 e. The smallest absolute Gasteiger partial charge is 0.367 e. The normalized spacial score (nSPS) is 17.2. The lowest BCUT2D eigenvalue weighted by Gasteiger charge is -2.19. The van der Waals surface area contributed by atoms with E-state index in [9.17, 15) is 18.0 Å². The Morgan fingerprint density at radius 2 is 1.70 bits per heavy atom. The summed E-state index contributed by atoms with van der Waals surface area (Å²) in [4.78, 5) is 20.2. The zero-order valence-corrected chi connectivity index (χ0v) is 16.4. The molecule has 2 aromatic rings. The minimum atomic E-state index is -4.00. The topological polar surface area (TPSA) is 92.9 Å². The number of hydrogen-bond acceptors (Lipinski definition) is 5. The fraction of sp³-hybridized carbons (Fsp3) is 0.150. The van der Waals surface area contributed by atoms with Gasteiger partial charge in [0.2, 0.25) is 5.91 Å². The molecule has 4 rings (SSSR count). The molecule has 4 N–H and O–H groups in total. The second kappa shape index (κ2) is 8.58. The van der Waals surface area contributed by atoms with Gasteiger partial charge in [0.05, 0.1) is 28.8 Å². The molecule has 0 saturated carbocycles. The predicted octanol–water partition coefficient (Wildman–Crippen LogP) is 3.69. The number of halogens is 4. The van der Waals surface area contributed by atoms with E-state index in [0.29, 0.717) is 16.3 Å². The van der Waals surface area contributed by atoms with Crippen LogP contribution < -0.4 is 16.4 Å². The monoisotopic (exact) mass is 435 g/mol. The van der Waals surface area contributed by atoms with E-state index < -0.39 is 12.1 Å². The summed E-state index contributed by atoms with van der Waals surface area (Å²) in [5, 5.41) is 7.05. The lowest BCUT2D eigenvalue weighted by Crippen LogP contribution is -2.36. The number of alkyl halides is 3. The molecule has 0 spiro atoms. The van der Waals surface area contributed by atoms with Crippen molar-refractivity contribution in [2.75, 3.05) is 0 Å². The number of carbonyl (C=O) groups excluding carboxylic acids is 1. The number of rotatable bonds is 3. The van der Waals surface area contributed by atoms with E-state index in [2.05, 4.69) is 15.6 Å². The highest BCUT2D eigenvalue weighted by atomic mass is 35.5. The van der Waals surface area contributed by atoms with Crippen LogP contribution in [0.1, 0.15) is 23.0 Å². The van der Waals surface area contributed by atoms with Gasteiger partial charge in [-0.15, -0.1) is 0 Å². The number of benzene rings is 1. The summed E-state index contributed by atoms with van der Waals surface area (Å²) < 4.78 is 31.1. The van der Waals surface area contributed by atoms with E-state index in [1.54, 1.807) is 42.9 Å². The summed E-state index contributed by atoms with van der Waals surface area (Å²) in [6, 6.07) is 6.96. The number of dihydropyridines is 1. The average molecular weight is 436 g/mol. The van der Waals surface area contributed by atoms with Crippen LogP contribution in [-0.4, -0.2) is 28.2 Å². The van der Waals surface area contributed by atoms with Crippen LogP contribution in [0.5, 0.6) is 0 Å². The van der Waals surface area contributed by atoms with Crippen LogP contribution in [0.3, 0.4) is 0 Å². The van der Waals surface area contributed by atoms with Gasteiger partial charge in [-0.1, -0.05) is 23.7 Å². The van der Waals surface area contributed by atoms with Crippen LogP contribution in [-0.2, 0) is 0 Å². The van der Waals surface area contributed by atoms with E-state index in [-0.39, 0.29) is 13.1 Å². The minimum absolute atomic E-state index is 0.0159. The summed E-state index contributed by atoms with van der Waals surface area (Å²) >= 11 is 6.10. The van der Waals surface area contributed by atoms with Crippen molar-refractivity contribution < 1.29 is 18.0 Å². The Morgan fingerprint density at radius 3 is 2.33 bits per heavy atom. The van der Waals surface area contributed by atoms with E-state index in [4.69, 9.17) is 22.3 Å². The highest BCUT2D eigenvalue weighted by molar-refractivity contribution is 6.31. The first-order valence-corrected chi connectivity index (χ1v) is 9.09. The molecule has 0 fully saturated rings. The van der Waals surface area contributed by atoms with Crippen molar-refractivity contribution >= 4 is 23.1 Å². The maximum atomic E-state index is 11.2. The van der Waals surface area contributed by atoms with Gasteiger partial charge in [0.25, 0.3) is 0 Å². The molecule has 2 aliphatic heterocycles. The standard InChI is InChI=1S/C18H14ClN5O.C2H3F3/c19-12-5-13-14(7-23-18(13)22-6-12)16-9-21-8-15(24-16)10-1-3-11(4-2-10)17(20)25;1-2(3,4)5/h1-9,18,22-23H,(H2,20,25);1H3. The van der Waals surface area contributed by atoms with E-state index >= 15 is 0 Å². The van der Waals surface area contributed by atoms with Crippen LogP contribution in [0.2, 0.25) is 0 Å². The Bertz CT molecular complexity index is 1040. The van der Waals surface area contributed by atoms with Crippen LogP contribution in [0, 0.1) is 0 Å². The molecule has 0 saturated heterocycles. The Hall–Kier alpha value is -3.33. The van der Waals surface area contributed by atoms with Gasteiger partial charge in [-0.2, -0.15) is 13.2 Å². The molecule has 156 valence electrons. The number of nitrogens with two attached hydrogens (primary N) is 1. The van der Waals surface area contributed by atoms with Gasteiger partial charge in [0.1, 0.15) is 6.17 Å². The third-order valence-electron chi connectivity index (χ3n) is 4.07. The Balaban J connectivity index is 0.000000461. The van der Waals surface area contributed by atoms with Gasteiger partial charge in [-0.25, -0.2) is 4.98 Å². The third-order valence-corrected chi connectivity index (χ3v) is 4.29. The Labute approximate surface area is 175 Å². The Morgan fingerprint density at radius 1 is 1.10 bits per heavy atom. The molecule has 1 aromatic heterocycles. The fourth-order valence-corrected chi connectivity index (χ4v) is 2.99. The van der Waals surface area contributed by atoms with Crippen molar-refractivity contribution in [3.05, 3.63) is 77.0 Å². The summed E-state index contributed by atoms with van der Waals surface area (Å²) in [5.74, 6) is -0.457. The number of nitrogens with one attached hydrogen (secondary N) is 2. The molecule has 0 bridgehead atoms. The second-order valence-electron chi connectivity index (χ2n) is 6.47. The Kier molecular flexibility index (Phi) is 6.12. The molecule has 1 amide bonds. The SMILES string of the molecule is CC(F)(F)F.NC(=O)c1ccc(-c2cncc(C3=CNC4NC=C(Cl)C=C34)n2)cc1. The van der Waals surface area contributed by atoms with Crippen LogP contribution in [0.15, 0.2) is 65.7 Å². The number of primary amides is 1. The highest BCUT2D eigenvalue weighted by Gasteiger charge is 2.26. The lowest BCUT2D eigenvalue weighted by atomic mass is 10.0. The number of aromatic nitrogens is 2. The van der Waals surface area contributed by atoms with E-state index in [1.807, 2.05) is 12.3 Å². The van der Waals surface area contributed by atoms with Gasteiger partial charge in [0, 0.05) is 41.6 Å². The summed E-state index contributed by atoms with van der Waals surface area (Å²) in [6.45, 7) is 0.188. The maximum Gasteiger partial charge on any atom is 0.386 e. The first kappa shape index (κ1) is 21.4. The number of hydrogen-bond donors (Lipinski definition) is 3. The van der Waals surface area contributed by atoms with Crippen molar-refractivity contribution in [1.29, 1.82) is 0 Å². The number of allylic oxidation sites excluding steroid dienone is 2. The zero-order valence-electron chi connectivity index (χ0n) is 15.7.